The summed E-state index contributed by atoms with van der Waals surface area (Å²) >= 11 is 1.56. The number of carbonyl (C=O) groups excluding carboxylic acids is 2. The fourth-order valence-corrected chi connectivity index (χ4v) is 6.71. The molecule has 6 rings (SSSR count). The summed E-state index contributed by atoms with van der Waals surface area (Å²) in [5.74, 6) is 0.497. The number of aromatic amines is 1. The van der Waals surface area contributed by atoms with E-state index < -0.39 is 6.29 Å². The zero-order valence-corrected chi connectivity index (χ0v) is 29.0. The second kappa shape index (κ2) is 17.8. The molecule has 3 atom stereocenters. The average Bonchev–Trinajstić information content (AvgIpc) is 3.70. The molecular weight excluding hydrogens is 665 g/mol. The highest BCUT2D eigenvalue weighted by molar-refractivity contribution is 7.99. The van der Waals surface area contributed by atoms with Crippen molar-refractivity contribution in [3.05, 3.63) is 126 Å². The zero-order valence-electron chi connectivity index (χ0n) is 28.2. The number of nitrogens with zero attached hydrogens (tertiary/aromatic N) is 2. The first kappa shape index (κ1) is 35.8. The molecule has 1 fully saturated rings. The fourth-order valence-electron chi connectivity index (χ4n) is 5.91. The summed E-state index contributed by atoms with van der Waals surface area (Å²) in [4.78, 5) is 29.2. The predicted molar refractivity (Wildman–Crippen MR) is 197 cm³/mol. The van der Waals surface area contributed by atoms with E-state index >= 15 is 0 Å². The number of nitrogen functional groups attached to an aromatic ring is 1. The maximum absolute atomic E-state index is 12.7. The number of rotatable bonds is 15. The van der Waals surface area contributed by atoms with Gasteiger partial charge in [-0.25, -0.2) is 4.98 Å². The number of aromatic nitrogens is 3. The number of nitrogens with one attached hydrogen (secondary N) is 3. The average molecular weight is 707 g/mol. The van der Waals surface area contributed by atoms with Crippen molar-refractivity contribution in [3.8, 4) is 11.1 Å². The minimum absolute atomic E-state index is 0.0101. The van der Waals surface area contributed by atoms with Gasteiger partial charge < -0.3 is 30.9 Å². The third kappa shape index (κ3) is 10.0. The van der Waals surface area contributed by atoms with Gasteiger partial charge in [0, 0.05) is 37.1 Å². The predicted octanol–water partition coefficient (Wildman–Crippen LogP) is 6.70. The van der Waals surface area contributed by atoms with Crippen LogP contribution in [0.15, 0.2) is 109 Å². The van der Waals surface area contributed by atoms with Gasteiger partial charge in [0.2, 0.25) is 11.8 Å². The van der Waals surface area contributed by atoms with Crippen molar-refractivity contribution < 1.29 is 24.2 Å². The number of ether oxygens (including phenoxy) is 2. The molecule has 5 aromatic rings. The van der Waals surface area contributed by atoms with Crippen LogP contribution in [0.3, 0.4) is 0 Å². The Bertz CT molecular complexity index is 1870. The number of carbonyl (C=O) groups is 2. The van der Waals surface area contributed by atoms with Crippen LogP contribution in [0.1, 0.15) is 66.8 Å². The van der Waals surface area contributed by atoms with Gasteiger partial charge in [0.05, 0.1) is 30.2 Å². The quantitative estimate of drug-likeness (QED) is 0.0453. The number of unbranched alkanes of at least 4 members (excludes halogenated alkanes) is 1. The number of H-pyrrole nitrogens is 1. The number of aliphatic hydroxyl groups is 1. The van der Waals surface area contributed by atoms with Gasteiger partial charge >= 0.3 is 0 Å². The first-order valence-electron chi connectivity index (χ1n) is 17.0. The van der Waals surface area contributed by atoms with E-state index in [0.29, 0.717) is 55.8 Å². The number of amides is 2. The van der Waals surface area contributed by atoms with Crippen molar-refractivity contribution in [2.24, 2.45) is 0 Å². The van der Waals surface area contributed by atoms with Gasteiger partial charge in [-0.3, -0.25) is 14.7 Å². The van der Waals surface area contributed by atoms with Crippen LogP contribution in [0.4, 0.5) is 11.4 Å². The summed E-state index contributed by atoms with van der Waals surface area (Å²) in [6, 6.07) is 31.1. The topological polar surface area (TPSA) is 164 Å². The van der Waals surface area contributed by atoms with Gasteiger partial charge in [0.1, 0.15) is 6.33 Å². The van der Waals surface area contributed by atoms with E-state index in [-0.39, 0.29) is 30.6 Å². The van der Waals surface area contributed by atoms with Gasteiger partial charge in [-0.15, -0.1) is 0 Å². The normalized spacial score (nSPS) is 17.2. The van der Waals surface area contributed by atoms with E-state index in [4.69, 9.17) is 15.2 Å². The molecule has 1 aliphatic rings. The minimum Gasteiger partial charge on any atom is -0.397 e. The Balaban J connectivity index is 1.04. The zero-order chi connectivity index (χ0) is 35.4. The van der Waals surface area contributed by atoms with Gasteiger partial charge in [0.15, 0.2) is 11.4 Å². The highest BCUT2D eigenvalue weighted by atomic mass is 32.2. The summed E-state index contributed by atoms with van der Waals surface area (Å²) in [6.45, 7) is 0.379. The Morgan fingerprint density at radius 1 is 0.882 bits per heavy atom. The Morgan fingerprint density at radius 3 is 2.35 bits per heavy atom. The molecule has 0 spiro atoms. The number of benzene rings is 4. The molecule has 6 N–H and O–H groups in total. The van der Waals surface area contributed by atoms with E-state index in [2.05, 4.69) is 37.9 Å². The minimum atomic E-state index is -0.576. The standard InChI is InChI=1S/C39H42N6O5S/c40-33-9-3-4-10-34(33)44-37(48)12-6-5-11-36(47)41-22-30-7-1-2-8-32(30)27-17-19-29(20-18-27)38-49-31(24-51-39-42-25-43-45-39)21-35(50-38)28-15-13-26(23-46)14-16-28/h1-4,7-10,13-20,25,31,35,38,46H,5-6,11-12,21-24,40H2,(H,41,47)(H,44,48)(H,42,43,45)/t31-,35+,38+/m0/s1. The van der Waals surface area contributed by atoms with Crippen molar-refractivity contribution in [2.75, 3.05) is 16.8 Å². The van der Waals surface area contributed by atoms with Crippen LogP contribution in [-0.4, -0.2) is 44.0 Å². The number of hydrogen-bond acceptors (Lipinski definition) is 9. The van der Waals surface area contributed by atoms with E-state index in [1.54, 1.807) is 23.9 Å². The number of para-hydroxylation sites is 2. The van der Waals surface area contributed by atoms with Crippen molar-refractivity contribution in [2.45, 2.75) is 68.9 Å². The maximum atomic E-state index is 12.7. The lowest BCUT2D eigenvalue weighted by molar-refractivity contribution is -0.245. The smallest absolute Gasteiger partial charge is 0.224 e. The van der Waals surface area contributed by atoms with Crippen molar-refractivity contribution >= 4 is 35.0 Å². The maximum Gasteiger partial charge on any atom is 0.224 e. The van der Waals surface area contributed by atoms with E-state index in [9.17, 15) is 14.7 Å². The van der Waals surface area contributed by atoms with Crippen molar-refractivity contribution in [1.82, 2.24) is 20.5 Å². The molecule has 0 saturated carbocycles. The summed E-state index contributed by atoms with van der Waals surface area (Å²) in [5.41, 5.74) is 12.8. The Kier molecular flexibility index (Phi) is 12.5. The molecule has 1 aliphatic heterocycles. The van der Waals surface area contributed by atoms with Crippen molar-refractivity contribution in [3.63, 3.8) is 0 Å². The van der Waals surface area contributed by atoms with Crippen LogP contribution in [0, 0.1) is 0 Å². The first-order chi connectivity index (χ1) is 24.9. The molecule has 1 saturated heterocycles. The van der Waals surface area contributed by atoms with Gasteiger partial charge in [0.25, 0.3) is 0 Å². The van der Waals surface area contributed by atoms with E-state index in [1.165, 1.54) is 6.33 Å². The molecular formula is C39H42N6O5S. The largest absolute Gasteiger partial charge is 0.397 e. The summed E-state index contributed by atoms with van der Waals surface area (Å²) < 4.78 is 13.0. The second-order valence-electron chi connectivity index (χ2n) is 12.4. The molecule has 2 heterocycles. The Labute approximate surface area is 301 Å². The lowest BCUT2D eigenvalue weighted by atomic mass is 9.97. The van der Waals surface area contributed by atoms with E-state index in [0.717, 1.165) is 38.5 Å². The SMILES string of the molecule is Nc1ccccc1NC(=O)CCCCC(=O)NCc1ccccc1-c1ccc([C@@H]2O[C@H](CSc3ncn[nH]3)C[C@H](c3ccc(CO)cc3)O2)cc1. The molecule has 4 aromatic carbocycles. The van der Waals surface area contributed by atoms with Crippen molar-refractivity contribution in [1.29, 1.82) is 0 Å². The molecule has 1 aromatic heterocycles. The van der Waals surface area contributed by atoms with E-state index in [1.807, 2.05) is 72.8 Å². The number of aliphatic hydroxyl groups excluding tert-OH is 1. The molecule has 0 aliphatic carbocycles. The molecule has 0 radical (unpaired) electrons. The Hall–Kier alpha value is -5.01. The third-order valence-electron chi connectivity index (χ3n) is 8.69. The number of nitrogens with two attached hydrogens (primary N) is 1. The van der Waals surface area contributed by atoms with Gasteiger partial charge in [-0.2, -0.15) is 5.10 Å². The van der Waals surface area contributed by atoms with Crippen LogP contribution in [-0.2, 0) is 32.2 Å². The fraction of sp³-hybridized carbons (Fsp3) is 0.282. The lowest BCUT2D eigenvalue weighted by Crippen LogP contribution is -2.31. The Morgan fingerprint density at radius 2 is 1.61 bits per heavy atom. The molecule has 2 amide bonds. The van der Waals surface area contributed by atoms with Crippen LogP contribution < -0.4 is 16.4 Å². The first-order valence-corrected chi connectivity index (χ1v) is 18.0. The molecule has 0 bridgehead atoms. The molecule has 51 heavy (non-hydrogen) atoms. The number of anilines is 2. The monoisotopic (exact) mass is 706 g/mol. The lowest BCUT2D eigenvalue weighted by Gasteiger charge is -2.36. The molecule has 264 valence electrons. The molecule has 12 heteroatoms. The van der Waals surface area contributed by atoms with Crippen LogP contribution in [0.25, 0.3) is 11.1 Å². The number of hydrogen-bond donors (Lipinski definition) is 5. The summed E-state index contributed by atoms with van der Waals surface area (Å²) in [7, 11) is 0. The molecule has 0 unspecified atom stereocenters. The van der Waals surface area contributed by atoms with Crippen LogP contribution in [0.5, 0.6) is 0 Å². The van der Waals surface area contributed by atoms with Gasteiger partial charge in [-0.05, 0) is 52.8 Å². The highest BCUT2D eigenvalue weighted by Gasteiger charge is 2.32. The summed E-state index contributed by atoms with van der Waals surface area (Å²) in [5, 5.41) is 22.9. The number of thioether (sulfide) groups is 1. The van der Waals surface area contributed by atoms with Crippen LogP contribution in [0.2, 0.25) is 0 Å². The van der Waals surface area contributed by atoms with Gasteiger partial charge in [-0.1, -0.05) is 96.7 Å². The molecule has 11 nitrogen and oxygen atoms in total. The highest BCUT2D eigenvalue weighted by Crippen LogP contribution is 2.39. The third-order valence-corrected chi connectivity index (χ3v) is 9.70. The summed E-state index contributed by atoms with van der Waals surface area (Å²) in [6.07, 6.45) is 3.16. The van der Waals surface area contributed by atoms with Crippen LogP contribution >= 0.6 is 11.8 Å². The second-order valence-corrected chi connectivity index (χ2v) is 13.4.